The number of nitrogens with two attached hydrogens (primary N) is 1. The molecule has 0 spiro atoms. The minimum atomic E-state index is -4.39. The van der Waals surface area contributed by atoms with Gasteiger partial charge in [0.2, 0.25) is 10.0 Å². The summed E-state index contributed by atoms with van der Waals surface area (Å²) in [6.07, 6.45) is -3.94. The van der Waals surface area contributed by atoms with Gasteiger partial charge in [0.15, 0.2) is 5.76 Å². The van der Waals surface area contributed by atoms with Gasteiger partial charge in [0.1, 0.15) is 22.2 Å². The van der Waals surface area contributed by atoms with Gasteiger partial charge in [-0.2, -0.15) is 17.5 Å². The zero-order chi connectivity index (χ0) is 26.0. The average Bonchev–Trinajstić information content (AvgIpc) is 3.12. The molecule has 0 saturated heterocycles. The lowest BCUT2D eigenvalue weighted by Gasteiger charge is -2.38. The summed E-state index contributed by atoms with van der Waals surface area (Å²) in [5.41, 5.74) is 6.61. The first kappa shape index (κ1) is 27.5. The predicted octanol–water partition coefficient (Wildman–Crippen LogP) is 5.03. The molecule has 3 rings (SSSR count). The maximum atomic E-state index is 14.0. The number of aryl methyl sites for hydroxylation is 2. The number of sulfonamides is 1. The molecule has 1 atom stereocenters. The number of hydrogen-bond donors (Lipinski definition) is 1. The highest BCUT2D eigenvalue weighted by Gasteiger charge is 2.39. The van der Waals surface area contributed by atoms with Gasteiger partial charge in [-0.1, -0.05) is 5.16 Å². The van der Waals surface area contributed by atoms with Gasteiger partial charge in [0.05, 0.1) is 0 Å². The van der Waals surface area contributed by atoms with E-state index in [1.807, 2.05) is 0 Å². The Morgan fingerprint density at radius 1 is 1.17 bits per heavy atom. The number of rotatable bonds is 9. The van der Waals surface area contributed by atoms with Crippen LogP contribution in [0, 0.1) is 31.4 Å². The summed E-state index contributed by atoms with van der Waals surface area (Å²) in [5.74, 6) is -1.09. The van der Waals surface area contributed by atoms with Crippen LogP contribution in [0.2, 0.25) is 0 Å². The smallest absolute Gasteiger partial charge is 0.360 e. The molecule has 2 N–H and O–H groups in total. The Labute approximate surface area is 201 Å². The fourth-order valence-electron chi connectivity index (χ4n) is 4.83. The highest BCUT2D eigenvalue weighted by molar-refractivity contribution is 7.89. The minimum absolute atomic E-state index is 0.0623. The van der Waals surface area contributed by atoms with Crippen LogP contribution in [0.15, 0.2) is 27.6 Å². The minimum Gasteiger partial charge on any atom is -0.360 e. The van der Waals surface area contributed by atoms with Crippen molar-refractivity contribution in [3.63, 3.8) is 0 Å². The van der Waals surface area contributed by atoms with E-state index in [1.54, 1.807) is 0 Å². The summed E-state index contributed by atoms with van der Waals surface area (Å²) in [7, 11) is -4.15. The molecule has 2 aromatic rings. The van der Waals surface area contributed by atoms with Gasteiger partial charge < -0.3 is 10.3 Å². The fourth-order valence-corrected chi connectivity index (χ4v) is 6.85. The average molecular weight is 524 g/mol. The number of hydrogen-bond acceptors (Lipinski definition) is 5. The van der Waals surface area contributed by atoms with Crippen molar-refractivity contribution in [1.82, 2.24) is 9.46 Å². The van der Waals surface area contributed by atoms with Gasteiger partial charge in [-0.05, 0) is 82.1 Å². The summed E-state index contributed by atoms with van der Waals surface area (Å²) in [4.78, 5) is -0.120. The first-order chi connectivity index (χ1) is 16.3. The quantitative estimate of drug-likeness (QED) is 0.466. The Hall–Kier alpha value is -2.05. The lowest BCUT2D eigenvalue weighted by molar-refractivity contribution is -0.135. The van der Waals surface area contributed by atoms with Crippen LogP contribution in [0.4, 0.5) is 22.0 Å². The van der Waals surface area contributed by atoms with Gasteiger partial charge in [-0.15, -0.1) is 0 Å². The third-order valence-electron chi connectivity index (χ3n) is 6.59. The number of halogens is 5. The van der Waals surface area contributed by atoms with Crippen LogP contribution >= 0.6 is 0 Å². The van der Waals surface area contributed by atoms with Gasteiger partial charge in [-0.25, -0.2) is 17.2 Å². The van der Waals surface area contributed by atoms with Crippen LogP contribution in [-0.4, -0.2) is 42.7 Å². The molecule has 1 saturated carbocycles. The SMILES string of the molecule is Cc1noc(C)c1S(=O)(=O)N(CCCC(F)(F)F)C1CCC([C@H](N)Cc2cc(F)ccc2F)CC1. The van der Waals surface area contributed by atoms with E-state index < -0.39 is 46.3 Å². The highest BCUT2D eigenvalue weighted by Crippen LogP contribution is 2.35. The Bertz CT molecular complexity index is 1090. The number of alkyl halides is 3. The first-order valence-corrected chi connectivity index (χ1v) is 12.9. The van der Waals surface area contributed by atoms with Crippen LogP contribution in [0.3, 0.4) is 0 Å². The van der Waals surface area contributed by atoms with Crippen LogP contribution in [0.5, 0.6) is 0 Å². The standard InChI is InChI=1S/C23H30F5N3O3S/c1-14-22(15(2)34-30-14)35(32,33)31(11-3-10-23(26,27)28)19-7-4-16(5-8-19)21(29)13-17-12-18(24)6-9-20(17)25/h6,9,12,16,19,21H,3-5,7-8,10-11,13,29H2,1-2H3/t16?,19?,21-/m1/s1. The van der Waals surface area contributed by atoms with Crippen molar-refractivity contribution in [2.24, 2.45) is 11.7 Å². The largest absolute Gasteiger partial charge is 0.389 e. The molecular weight excluding hydrogens is 493 g/mol. The third kappa shape index (κ3) is 6.79. The van der Waals surface area contributed by atoms with Crippen LogP contribution in [0.1, 0.15) is 55.5 Å². The van der Waals surface area contributed by atoms with Crippen molar-refractivity contribution < 1.29 is 34.9 Å². The fraction of sp³-hybridized carbons (Fsp3) is 0.609. The molecule has 0 unspecified atom stereocenters. The maximum Gasteiger partial charge on any atom is 0.389 e. The summed E-state index contributed by atoms with van der Waals surface area (Å²) in [6.45, 7) is 2.63. The van der Waals surface area contributed by atoms with Crippen molar-refractivity contribution in [2.45, 2.75) is 81.9 Å². The molecule has 1 aromatic heterocycles. The summed E-state index contributed by atoms with van der Waals surface area (Å²) in [5, 5.41) is 3.68. The van der Waals surface area contributed by atoms with Crippen molar-refractivity contribution in [1.29, 1.82) is 0 Å². The molecule has 1 aromatic carbocycles. The second-order valence-corrected chi connectivity index (χ2v) is 11.0. The second-order valence-electron chi connectivity index (χ2n) is 9.16. The van der Waals surface area contributed by atoms with E-state index in [1.165, 1.54) is 13.8 Å². The third-order valence-corrected chi connectivity index (χ3v) is 8.79. The zero-order valence-corrected chi connectivity index (χ0v) is 20.4. The van der Waals surface area contributed by atoms with Crippen LogP contribution in [-0.2, 0) is 16.4 Å². The van der Waals surface area contributed by atoms with Crippen molar-refractivity contribution >= 4 is 10.0 Å². The Balaban J connectivity index is 1.73. The molecule has 1 fully saturated rings. The lowest BCUT2D eigenvalue weighted by Crippen LogP contribution is -2.45. The Kier molecular flexibility index (Phi) is 8.59. The molecule has 12 heteroatoms. The molecule has 196 valence electrons. The molecule has 0 amide bonds. The first-order valence-electron chi connectivity index (χ1n) is 11.5. The zero-order valence-electron chi connectivity index (χ0n) is 19.6. The lowest BCUT2D eigenvalue weighted by atomic mass is 9.80. The molecule has 0 radical (unpaired) electrons. The van der Waals surface area contributed by atoms with E-state index in [2.05, 4.69) is 5.16 Å². The normalized spacial score (nSPS) is 20.4. The highest BCUT2D eigenvalue weighted by atomic mass is 32.2. The van der Waals surface area contributed by atoms with Crippen molar-refractivity contribution in [3.8, 4) is 0 Å². The Morgan fingerprint density at radius 2 is 1.83 bits per heavy atom. The van der Waals surface area contributed by atoms with Crippen LogP contribution < -0.4 is 5.73 Å². The van der Waals surface area contributed by atoms with Gasteiger partial charge in [0, 0.05) is 25.0 Å². The summed E-state index contributed by atoms with van der Waals surface area (Å²) >= 11 is 0. The molecule has 1 aliphatic rings. The van der Waals surface area contributed by atoms with E-state index in [-0.39, 0.29) is 47.2 Å². The molecule has 6 nitrogen and oxygen atoms in total. The molecule has 1 heterocycles. The van der Waals surface area contributed by atoms with Gasteiger partial charge in [0.25, 0.3) is 0 Å². The van der Waals surface area contributed by atoms with E-state index in [0.29, 0.717) is 25.7 Å². The van der Waals surface area contributed by atoms with E-state index in [4.69, 9.17) is 10.3 Å². The summed E-state index contributed by atoms with van der Waals surface area (Å²) < 4.78 is 98.8. The van der Waals surface area contributed by atoms with Gasteiger partial charge in [-0.3, -0.25) is 0 Å². The van der Waals surface area contributed by atoms with Gasteiger partial charge >= 0.3 is 6.18 Å². The van der Waals surface area contributed by atoms with Crippen LogP contribution in [0.25, 0.3) is 0 Å². The van der Waals surface area contributed by atoms with E-state index >= 15 is 0 Å². The number of aromatic nitrogens is 1. The molecular formula is C23H30F5N3O3S. The Morgan fingerprint density at radius 3 is 2.40 bits per heavy atom. The second kappa shape index (κ2) is 10.9. The predicted molar refractivity (Wildman–Crippen MR) is 119 cm³/mol. The van der Waals surface area contributed by atoms with Crippen molar-refractivity contribution in [2.75, 3.05) is 6.54 Å². The topological polar surface area (TPSA) is 89.4 Å². The maximum absolute atomic E-state index is 14.0. The molecule has 35 heavy (non-hydrogen) atoms. The van der Waals surface area contributed by atoms with E-state index in [0.717, 1.165) is 22.5 Å². The number of nitrogens with zero attached hydrogens (tertiary/aromatic N) is 2. The van der Waals surface area contributed by atoms with E-state index in [9.17, 15) is 30.4 Å². The number of benzene rings is 1. The monoisotopic (exact) mass is 523 g/mol. The van der Waals surface area contributed by atoms with Crippen molar-refractivity contribution in [3.05, 3.63) is 46.9 Å². The molecule has 0 aliphatic heterocycles. The molecule has 0 bridgehead atoms. The molecule has 1 aliphatic carbocycles. The summed E-state index contributed by atoms with van der Waals surface area (Å²) in [6, 6.07) is 2.20.